The van der Waals surface area contributed by atoms with Crippen LogP contribution < -0.4 is 5.32 Å². The molecule has 108 valence electrons. The molecule has 1 aromatic rings. The first kappa shape index (κ1) is 16.0. The van der Waals surface area contributed by atoms with E-state index in [2.05, 4.69) is 5.32 Å². The first-order valence-electron chi connectivity index (χ1n) is 5.70. The van der Waals surface area contributed by atoms with Crippen LogP contribution in [0, 0.1) is 0 Å². The second kappa shape index (κ2) is 6.38. The topological polar surface area (TPSA) is 46.2 Å². The highest BCUT2D eigenvalue weighted by atomic mass is 32.2. The molecule has 19 heavy (non-hydrogen) atoms. The zero-order valence-corrected chi connectivity index (χ0v) is 11.3. The largest absolute Gasteiger partial charge is 0.404 e. The summed E-state index contributed by atoms with van der Waals surface area (Å²) in [6.45, 7) is -0.212. The molecule has 0 saturated carbocycles. The average Bonchev–Trinajstić information content (AvgIpc) is 2.26. The normalized spacial score (nSPS) is 14.3. The number of benzene rings is 1. The SMILES string of the molecule is CS(=O)(=O)CCN[C@@H](Cc1ccccc1)C(F)(F)F. The second-order valence-corrected chi connectivity index (χ2v) is 6.63. The van der Waals surface area contributed by atoms with E-state index in [9.17, 15) is 21.6 Å². The van der Waals surface area contributed by atoms with Crippen molar-refractivity contribution >= 4 is 9.84 Å². The third-order valence-electron chi connectivity index (χ3n) is 2.54. The van der Waals surface area contributed by atoms with Gasteiger partial charge in [-0.05, 0) is 12.0 Å². The molecule has 0 aliphatic heterocycles. The van der Waals surface area contributed by atoms with Crippen molar-refractivity contribution in [1.29, 1.82) is 0 Å². The van der Waals surface area contributed by atoms with Crippen molar-refractivity contribution in [1.82, 2.24) is 5.32 Å². The summed E-state index contributed by atoms with van der Waals surface area (Å²) >= 11 is 0. The molecule has 3 nitrogen and oxygen atoms in total. The van der Waals surface area contributed by atoms with E-state index in [0.29, 0.717) is 5.56 Å². The van der Waals surface area contributed by atoms with E-state index in [0.717, 1.165) is 6.26 Å². The Hall–Kier alpha value is -1.08. The minimum absolute atomic E-state index is 0.212. The minimum Gasteiger partial charge on any atom is -0.305 e. The standard InChI is InChI=1S/C12H16F3NO2S/c1-19(17,18)8-7-16-11(12(13,14)15)9-10-5-3-2-4-6-10/h2-6,11,16H,7-9H2,1H3/t11-/m0/s1. The summed E-state index contributed by atoms with van der Waals surface area (Å²) in [7, 11) is -3.27. The fourth-order valence-corrected chi connectivity index (χ4v) is 2.06. The van der Waals surface area contributed by atoms with Crippen molar-refractivity contribution in [3.8, 4) is 0 Å². The molecule has 0 radical (unpaired) electrons. The van der Waals surface area contributed by atoms with Crippen LogP contribution >= 0.6 is 0 Å². The highest BCUT2D eigenvalue weighted by molar-refractivity contribution is 7.90. The molecule has 1 aromatic carbocycles. The van der Waals surface area contributed by atoms with Gasteiger partial charge in [-0.15, -0.1) is 0 Å². The molecule has 0 aliphatic rings. The fourth-order valence-electron chi connectivity index (χ4n) is 1.57. The molecule has 7 heteroatoms. The second-order valence-electron chi connectivity index (χ2n) is 4.37. The lowest BCUT2D eigenvalue weighted by molar-refractivity contribution is -0.155. The Labute approximate surface area is 110 Å². The van der Waals surface area contributed by atoms with Gasteiger partial charge in [0.1, 0.15) is 15.9 Å². The minimum atomic E-state index is -4.41. The van der Waals surface area contributed by atoms with Crippen LogP contribution in [0.4, 0.5) is 13.2 Å². The maximum Gasteiger partial charge on any atom is 0.404 e. The van der Waals surface area contributed by atoms with Crippen LogP contribution in [0.1, 0.15) is 5.56 Å². The van der Waals surface area contributed by atoms with E-state index >= 15 is 0 Å². The third-order valence-corrected chi connectivity index (χ3v) is 3.49. The molecular formula is C12H16F3NO2S. The monoisotopic (exact) mass is 295 g/mol. The Bertz CT molecular complexity index is 485. The van der Waals surface area contributed by atoms with E-state index in [1.807, 2.05) is 0 Å². The molecular weight excluding hydrogens is 279 g/mol. The van der Waals surface area contributed by atoms with E-state index in [1.54, 1.807) is 30.3 Å². The van der Waals surface area contributed by atoms with Gasteiger partial charge in [-0.25, -0.2) is 8.42 Å². The Kier molecular flexibility index (Phi) is 5.37. The predicted octanol–water partition coefficient (Wildman–Crippen LogP) is 1.79. The summed E-state index contributed by atoms with van der Waals surface area (Å²) in [5.74, 6) is -0.311. The van der Waals surface area contributed by atoms with Crippen molar-refractivity contribution < 1.29 is 21.6 Å². The van der Waals surface area contributed by atoms with Gasteiger partial charge in [0.15, 0.2) is 0 Å². The van der Waals surface area contributed by atoms with E-state index in [-0.39, 0.29) is 18.7 Å². The van der Waals surface area contributed by atoms with Crippen LogP contribution in [0.25, 0.3) is 0 Å². The van der Waals surface area contributed by atoms with Crippen LogP contribution in [-0.2, 0) is 16.3 Å². The first-order chi connectivity index (χ1) is 8.68. The van der Waals surface area contributed by atoms with Gasteiger partial charge < -0.3 is 5.32 Å². The summed E-state index contributed by atoms with van der Waals surface area (Å²) < 4.78 is 60.2. The van der Waals surface area contributed by atoms with E-state index < -0.39 is 22.1 Å². The number of nitrogens with one attached hydrogen (secondary N) is 1. The molecule has 0 fully saturated rings. The zero-order valence-electron chi connectivity index (χ0n) is 10.4. The predicted molar refractivity (Wildman–Crippen MR) is 67.7 cm³/mol. The molecule has 0 aliphatic carbocycles. The summed E-state index contributed by atoms with van der Waals surface area (Å²) in [5.41, 5.74) is 0.552. The molecule has 1 atom stereocenters. The van der Waals surface area contributed by atoms with Crippen LogP contribution in [0.5, 0.6) is 0 Å². The summed E-state index contributed by atoms with van der Waals surface area (Å²) in [5, 5.41) is 2.26. The number of halogens is 3. The lowest BCUT2D eigenvalue weighted by atomic mass is 10.1. The highest BCUT2D eigenvalue weighted by Gasteiger charge is 2.39. The number of rotatable bonds is 6. The van der Waals surface area contributed by atoms with Crippen molar-refractivity contribution in [3.63, 3.8) is 0 Å². The van der Waals surface area contributed by atoms with Gasteiger partial charge in [-0.1, -0.05) is 30.3 Å². The maximum atomic E-state index is 12.8. The summed E-state index contributed by atoms with van der Waals surface area (Å²) in [6, 6.07) is 6.53. The van der Waals surface area contributed by atoms with Gasteiger partial charge in [0.25, 0.3) is 0 Å². The Morgan fingerprint density at radius 1 is 1.21 bits per heavy atom. The van der Waals surface area contributed by atoms with Crippen molar-refractivity contribution in [2.24, 2.45) is 0 Å². The fraction of sp³-hybridized carbons (Fsp3) is 0.500. The number of hydrogen-bond donors (Lipinski definition) is 1. The summed E-state index contributed by atoms with van der Waals surface area (Å²) in [4.78, 5) is 0. The molecule has 0 aromatic heterocycles. The molecule has 0 bridgehead atoms. The van der Waals surface area contributed by atoms with Gasteiger partial charge in [0.2, 0.25) is 0 Å². The maximum absolute atomic E-state index is 12.8. The molecule has 1 rings (SSSR count). The van der Waals surface area contributed by atoms with E-state index in [1.165, 1.54) is 0 Å². The van der Waals surface area contributed by atoms with Crippen LogP contribution in [0.2, 0.25) is 0 Å². The number of sulfone groups is 1. The van der Waals surface area contributed by atoms with Gasteiger partial charge in [-0.3, -0.25) is 0 Å². The molecule has 0 amide bonds. The third kappa shape index (κ3) is 6.58. The van der Waals surface area contributed by atoms with Crippen molar-refractivity contribution in [3.05, 3.63) is 35.9 Å². The van der Waals surface area contributed by atoms with Gasteiger partial charge in [-0.2, -0.15) is 13.2 Å². The number of hydrogen-bond acceptors (Lipinski definition) is 3. The zero-order chi connectivity index (χ0) is 14.5. The molecule has 0 unspecified atom stereocenters. The lowest BCUT2D eigenvalue weighted by Gasteiger charge is -2.21. The van der Waals surface area contributed by atoms with Crippen molar-refractivity contribution in [2.45, 2.75) is 18.6 Å². The van der Waals surface area contributed by atoms with Gasteiger partial charge in [0, 0.05) is 12.8 Å². The van der Waals surface area contributed by atoms with Crippen molar-refractivity contribution in [2.75, 3.05) is 18.6 Å². The molecule has 0 spiro atoms. The first-order valence-corrected chi connectivity index (χ1v) is 7.76. The summed E-state index contributed by atoms with van der Waals surface area (Å²) in [6.07, 6.45) is -3.63. The molecule has 0 saturated heterocycles. The van der Waals surface area contributed by atoms with E-state index in [4.69, 9.17) is 0 Å². The Balaban J connectivity index is 2.63. The van der Waals surface area contributed by atoms with Gasteiger partial charge in [0.05, 0.1) is 5.75 Å². The van der Waals surface area contributed by atoms with Crippen LogP contribution in [0.3, 0.4) is 0 Å². The molecule has 1 N–H and O–H groups in total. The Morgan fingerprint density at radius 3 is 2.26 bits per heavy atom. The van der Waals surface area contributed by atoms with Crippen LogP contribution in [-0.4, -0.2) is 39.2 Å². The Morgan fingerprint density at radius 2 is 1.79 bits per heavy atom. The molecule has 0 heterocycles. The lowest BCUT2D eigenvalue weighted by Crippen LogP contribution is -2.45. The van der Waals surface area contributed by atoms with Gasteiger partial charge >= 0.3 is 6.18 Å². The average molecular weight is 295 g/mol. The van der Waals surface area contributed by atoms with Crippen LogP contribution in [0.15, 0.2) is 30.3 Å². The number of alkyl halides is 3. The smallest absolute Gasteiger partial charge is 0.305 e. The highest BCUT2D eigenvalue weighted by Crippen LogP contribution is 2.23. The quantitative estimate of drug-likeness (QED) is 0.870.